The Labute approximate surface area is 112 Å². The third-order valence-electron chi connectivity index (χ3n) is 2.78. The van der Waals surface area contributed by atoms with Crippen molar-refractivity contribution in [2.45, 2.75) is 59.9 Å². The van der Waals surface area contributed by atoms with Crippen LogP contribution in [0.15, 0.2) is 24.5 Å². The molecular weight excluding hydrogens is 222 g/mol. The summed E-state index contributed by atoms with van der Waals surface area (Å²) in [4.78, 5) is 0. The standard InChI is InChI=1S/C16H28NO/c1-5-6-7-8-13-18-15-9-11-17(12-10-15)14-16(2,3)4/h9-12H,5-8,13-14H2,1-4H3/q+1. The lowest BCUT2D eigenvalue weighted by molar-refractivity contribution is -0.708. The van der Waals surface area contributed by atoms with Gasteiger partial charge in [-0.05, 0) is 6.42 Å². The van der Waals surface area contributed by atoms with E-state index in [1.165, 1.54) is 19.3 Å². The van der Waals surface area contributed by atoms with Crippen molar-refractivity contribution in [1.82, 2.24) is 0 Å². The monoisotopic (exact) mass is 250 g/mol. The molecule has 0 saturated carbocycles. The zero-order chi connectivity index (χ0) is 13.4. The van der Waals surface area contributed by atoms with Gasteiger partial charge in [0.25, 0.3) is 0 Å². The molecule has 0 aliphatic heterocycles. The van der Waals surface area contributed by atoms with Gasteiger partial charge in [-0.2, -0.15) is 0 Å². The van der Waals surface area contributed by atoms with Gasteiger partial charge in [0.1, 0.15) is 5.75 Å². The summed E-state index contributed by atoms with van der Waals surface area (Å²) < 4.78 is 7.94. The molecule has 0 spiro atoms. The lowest BCUT2D eigenvalue weighted by atomic mass is 9.97. The highest BCUT2D eigenvalue weighted by Crippen LogP contribution is 2.13. The molecule has 0 aliphatic carbocycles. The van der Waals surface area contributed by atoms with Crippen LogP contribution in [-0.2, 0) is 6.54 Å². The first kappa shape index (κ1) is 15.0. The van der Waals surface area contributed by atoms with Crippen molar-refractivity contribution in [2.24, 2.45) is 5.41 Å². The minimum Gasteiger partial charge on any atom is -0.493 e. The van der Waals surface area contributed by atoms with E-state index in [4.69, 9.17) is 4.74 Å². The zero-order valence-corrected chi connectivity index (χ0v) is 12.4. The van der Waals surface area contributed by atoms with Crippen LogP contribution in [0.3, 0.4) is 0 Å². The molecule has 1 aromatic rings. The maximum Gasteiger partial charge on any atom is 0.172 e. The molecule has 0 bridgehead atoms. The lowest BCUT2D eigenvalue weighted by Crippen LogP contribution is -2.39. The van der Waals surface area contributed by atoms with Crippen molar-refractivity contribution in [3.8, 4) is 5.75 Å². The maximum absolute atomic E-state index is 5.72. The second kappa shape index (κ2) is 7.40. The van der Waals surface area contributed by atoms with Crippen molar-refractivity contribution in [3.05, 3.63) is 24.5 Å². The second-order valence-corrected chi connectivity index (χ2v) is 6.18. The Morgan fingerprint density at radius 3 is 2.28 bits per heavy atom. The number of unbranched alkanes of at least 4 members (excludes halogenated alkanes) is 3. The largest absolute Gasteiger partial charge is 0.493 e. The molecule has 1 aromatic heterocycles. The Hall–Kier alpha value is -1.05. The molecule has 0 atom stereocenters. The molecule has 0 unspecified atom stereocenters. The normalized spacial score (nSPS) is 11.6. The first-order chi connectivity index (χ1) is 8.51. The van der Waals surface area contributed by atoms with E-state index in [2.05, 4.69) is 56.8 Å². The fraction of sp³-hybridized carbons (Fsp3) is 0.688. The maximum atomic E-state index is 5.72. The molecule has 0 aliphatic rings. The minimum atomic E-state index is 0.313. The van der Waals surface area contributed by atoms with E-state index in [1.54, 1.807) is 0 Å². The summed E-state index contributed by atoms with van der Waals surface area (Å²) in [5.74, 6) is 0.983. The van der Waals surface area contributed by atoms with Crippen LogP contribution in [0.5, 0.6) is 5.75 Å². The van der Waals surface area contributed by atoms with Gasteiger partial charge in [-0.3, -0.25) is 0 Å². The molecule has 0 saturated heterocycles. The highest BCUT2D eigenvalue weighted by atomic mass is 16.5. The number of hydrogen-bond acceptors (Lipinski definition) is 1. The molecule has 0 amide bonds. The van der Waals surface area contributed by atoms with E-state index in [0.29, 0.717) is 5.41 Å². The quantitative estimate of drug-likeness (QED) is 0.527. The first-order valence-electron chi connectivity index (χ1n) is 7.13. The van der Waals surface area contributed by atoms with E-state index in [0.717, 1.165) is 25.3 Å². The van der Waals surface area contributed by atoms with Gasteiger partial charge in [-0.25, -0.2) is 4.57 Å². The van der Waals surface area contributed by atoms with E-state index < -0.39 is 0 Å². The van der Waals surface area contributed by atoms with Crippen molar-refractivity contribution < 1.29 is 9.30 Å². The highest BCUT2D eigenvalue weighted by Gasteiger charge is 2.16. The van der Waals surface area contributed by atoms with Crippen molar-refractivity contribution >= 4 is 0 Å². The zero-order valence-electron chi connectivity index (χ0n) is 12.4. The first-order valence-corrected chi connectivity index (χ1v) is 7.13. The molecule has 0 N–H and O–H groups in total. The Morgan fingerprint density at radius 1 is 1.06 bits per heavy atom. The second-order valence-electron chi connectivity index (χ2n) is 6.18. The van der Waals surface area contributed by atoms with Crippen LogP contribution in [0.4, 0.5) is 0 Å². The van der Waals surface area contributed by atoms with Gasteiger partial charge >= 0.3 is 0 Å². The van der Waals surface area contributed by atoms with Gasteiger partial charge in [-0.1, -0.05) is 47.0 Å². The van der Waals surface area contributed by atoms with Gasteiger partial charge in [0.2, 0.25) is 0 Å². The molecule has 0 aromatic carbocycles. The summed E-state index contributed by atoms with van der Waals surface area (Å²) in [5.41, 5.74) is 0.313. The molecule has 2 heteroatoms. The van der Waals surface area contributed by atoms with E-state index in [1.807, 2.05) is 0 Å². The fourth-order valence-electron chi connectivity index (χ4n) is 1.91. The number of nitrogens with zero attached hydrogens (tertiary/aromatic N) is 1. The minimum absolute atomic E-state index is 0.313. The van der Waals surface area contributed by atoms with E-state index in [9.17, 15) is 0 Å². The number of rotatable bonds is 7. The Balaban J connectivity index is 2.32. The van der Waals surface area contributed by atoms with Crippen LogP contribution in [-0.4, -0.2) is 6.61 Å². The van der Waals surface area contributed by atoms with E-state index >= 15 is 0 Å². The van der Waals surface area contributed by atoms with Crippen molar-refractivity contribution in [2.75, 3.05) is 6.61 Å². The number of ether oxygens (including phenoxy) is 1. The SMILES string of the molecule is CCCCCCOc1cc[n+](CC(C)(C)C)cc1. The molecular formula is C16H28NO+. The summed E-state index contributed by atoms with van der Waals surface area (Å²) in [7, 11) is 0. The summed E-state index contributed by atoms with van der Waals surface area (Å²) >= 11 is 0. The average molecular weight is 250 g/mol. The lowest BCUT2D eigenvalue weighted by Gasteiger charge is -2.13. The molecule has 18 heavy (non-hydrogen) atoms. The number of hydrogen-bond donors (Lipinski definition) is 0. The molecule has 2 nitrogen and oxygen atoms in total. The smallest absolute Gasteiger partial charge is 0.172 e. The number of aromatic nitrogens is 1. The average Bonchev–Trinajstić information content (AvgIpc) is 2.29. The van der Waals surface area contributed by atoms with Gasteiger partial charge in [0.15, 0.2) is 18.9 Å². The molecule has 0 fully saturated rings. The van der Waals surface area contributed by atoms with Gasteiger partial charge < -0.3 is 4.74 Å². The van der Waals surface area contributed by atoms with Crippen LogP contribution in [0, 0.1) is 5.41 Å². The molecule has 102 valence electrons. The summed E-state index contributed by atoms with van der Waals surface area (Å²) in [5, 5.41) is 0. The van der Waals surface area contributed by atoms with Crippen LogP contribution in [0.2, 0.25) is 0 Å². The van der Waals surface area contributed by atoms with Crippen LogP contribution >= 0.6 is 0 Å². The summed E-state index contributed by atoms with van der Waals surface area (Å²) in [6, 6.07) is 4.12. The Morgan fingerprint density at radius 2 is 1.72 bits per heavy atom. The van der Waals surface area contributed by atoms with Gasteiger partial charge in [-0.15, -0.1) is 0 Å². The van der Waals surface area contributed by atoms with Gasteiger partial charge in [0.05, 0.1) is 6.61 Å². The Bertz CT molecular complexity index is 324. The van der Waals surface area contributed by atoms with E-state index in [-0.39, 0.29) is 0 Å². The summed E-state index contributed by atoms with van der Waals surface area (Å²) in [6.45, 7) is 10.8. The van der Waals surface area contributed by atoms with Crippen LogP contribution < -0.4 is 9.30 Å². The van der Waals surface area contributed by atoms with Gasteiger partial charge in [0, 0.05) is 17.5 Å². The van der Waals surface area contributed by atoms with Crippen molar-refractivity contribution in [3.63, 3.8) is 0 Å². The Kier molecular flexibility index (Phi) is 6.17. The third-order valence-corrected chi connectivity index (χ3v) is 2.78. The summed E-state index contributed by atoms with van der Waals surface area (Å²) in [6.07, 6.45) is 9.22. The van der Waals surface area contributed by atoms with Crippen molar-refractivity contribution in [1.29, 1.82) is 0 Å². The molecule has 0 radical (unpaired) electrons. The predicted octanol–water partition coefficient (Wildman–Crippen LogP) is 3.98. The topological polar surface area (TPSA) is 13.1 Å². The van der Waals surface area contributed by atoms with Crippen LogP contribution in [0.1, 0.15) is 53.4 Å². The predicted molar refractivity (Wildman–Crippen MR) is 75.7 cm³/mol. The third kappa shape index (κ3) is 6.63. The molecule has 1 rings (SSSR count). The highest BCUT2D eigenvalue weighted by molar-refractivity contribution is 5.14. The molecule has 1 heterocycles. The van der Waals surface area contributed by atoms with Crippen LogP contribution in [0.25, 0.3) is 0 Å². The number of pyridine rings is 1. The fourth-order valence-corrected chi connectivity index (χ4v) is 1.91.